The van der Waals surface area contributed by atoms with Crippen LogP contribution in [0.4, 0.5) is 11.4 Å². The van der Waals surface area contributed by atoms with Crippen LogP contribution in [0.25, 0.3) is 0 Å². The van der Waals surface area contributed by atoms with Gasteiger partial charge in [0, 0.05) is 55.9 Å². The molecule has 0 radical (unpaired) electrons. The maximum atomic E-state index is 12.8. The molecule has 1 saturated heterocycles. The van der Waals surface area contributed by atoms with Gasteiger partial charge in [0.2, 0.25) is 0 Å². The van der Waals surface area contributed by atoms with Crippen molar-refractivity contribution in [2.45, 2.75) is 37.6 Å². The van der Waals surface area contributed by atoms with Gasteiger partial charge in [-0.15, -0.1) is 11.3 Å². The quantitative estimate of drug-likeness (QED) is 0.491. The average molecular weight is 506 g/mol. The molecule has 1 amide bonds. The van der Waals surface area contributed by atoms with Gasteiger partial charge in [0.1, 0.15) is 5.69 Å². The number of benzene rings is 2. The number of fused-ring (bicyclic) bond motifs is 1. The van der Waals surface area contributed by atoms with Gasteiger partial charge in [-0.05, 0) is 73.3 Å². The molecule has 1 aliphatic carbocycles. The highest BCUT2D eigenvalue weighted by atomic mass is 32.1. The molecule has 2 N–H and O–H groups in total. The van der Waals surface area contributed by atoms with E-state index in [0.717, 1.165) is 60.3 Å². The summed E-state index contributed by atoms with van der Waals surface area (Å²) in [5.41, 5.74) is 5.38. The molecule has 5 rings (SSSR count). The number of likely N-dealkylation sites (tertiary alicyclic amines) is 1. The number of hydrogen-bond acceptors (Lipinski definition) is 5. The summed E-state index contributed by atoms with van der Waals surface area (Å²) in [6.45, 7) is 1.77. The van der Waals surface area contributed by atoms with Gasteiger partial charge in [-0.3, -0.25) is 4.79 Å². The third kappa shape index (κ3) is 5.49. The van der Waals surface area contributed by atoms with Crippen LogP contribution >= 0.6 is 23.6 Å². The first-order valence-electron chi connectivity index (χ1n) is 12.1. The number of carbonyl (C=O) groups is 1. The Balaban J connectivity index is 1.11. The molecular weight excluding hydrogens is 474 g/mol. The number of aromatic nitrogens is 1. The minimum atomic E-state index is -0.0617. The molecule has 1 aliphatic heterocycles. The normalized spacial score (nSPS) is 16.1. The Bertz CT molecular complexity index is 1170. The van der Waals surface area contributed by atoms with Crippen LogP contribution in [0, 0.1) is 0 Å². The topological polar surface area (TPSA) is 60.5 Å². The standard InChI is InChI=1S/C27H31N5OS2/c1-31(2)23-9-7-21(8-10-23)29-27(34)32-13-11-18(12-14-32)26-30-24(17-35-26)25(33)28-22-15-19-5-3-4-6-20(19)16-22/h3-10,17-18,22H,11-16H2,1-2H3,(H,28,33)(H,29,34). The zero-order valence-electron chi connectivity index (χ0n) is 20.2. The molecule has 6 nitrogen and oxygen atoms in total. The van der Waals surface area contributed by atoms with Gasteiger partial charge in [0.05, 0.1) is 5.01 Å². The minimum Gasteiger partial charge on any atom is -0.378 e. The molecule has 0 unspecified atom stereocenters. The van der Waals surface area contributed by atoms with Crippen LogP contribution in [0.15, 0.2) is 53.9 Å². The van der Waals surface area contributed by atoms with Crippen molar-refractivity contribution in [3.8, 4) is 0 Å². The molecule has 0 spiro atoms. The summed E-state index contributed by atoms with van der Waals surface area (Å²) in [5.74, 6) is 0.309. The molecule has 1 aromatic heterocycles. The first-order chi connectivity index (χ1) is 17.0. The average Bonchev–Trinajstić information content (AvgIpc) is 3.51. The third-order valence-electron chi connectivity index (χ3n) is 6.91. The lowest BCUT2D eigenvalue weighted by molar-refractivity contribution is 0.0934. The number of hydrogen-bond donors (Lipinski definition) is 2. The second kappa shape index (κ2) is 10.3. The van der Waals surface area contributed by atoms with Crippen molar-refractivity contribution in [1.29, 1.82) is 0 Å². The lowest BCUT2D eigenvalue weighted by atomic mass is 9.98. The van der Waals surface area contributed by atoms with Crippen molar-refractivity contribution >= 4 is 45.9 Å². The molecule has 0 saturated carbocycles. The van der Waals surface area contributed by atoms with Crippen molar-refractivity contribution in [2.75, 3.05) is 37.4 Å². The number of thiocarbonyl (C=S) groups is 1. The number of amides is 1. The van der Waals surface area contributed by atoms with Crippen LogP contribution in [0.1, 0.15) is 45.4 Å². The van der Waals surface area contributed by atoms with Crippen molar-refractivity contribution in [3.05, 3.63) is 75.7 Å². The van der Waals surface area contributed by atoms with Gasteiger partial charge in [0.15, 0.2) is 5.11 Å². The zero-order valence-corrected chi connectivity index (χ0v) is 21.8. The van der Waals surface area contributed by atoms with E-state index in [0.29, 0.717) is 11.6 Å². The molecule has 1 fully saturated rings. The Morgan fingerprint density at radius 3 is 2.34 bits per heavy atom. The Hall–Kier alpha value is -2.97. The summed E-state index contributed by atoms with van der Waals surface area (Å²) in [6.07, 6.45) is 3.75. The summed E-state index contributed by atoms with van der Waals surface area (Å²) in [5, 5.41) is 10.3. The van der Waals surface area contributed by atoms with Gasteiger partial charge in [-0.1, -0.05) is 24.3 Å². The number of carbonyl (C=O) groups excluding carboxylic acids is 1. The molecule has 182 valence electrons. The van der Waals surface area contributed by atoms with Gasteiger partial charge in [-0.2, -0.15) is 0 Å². The Kier molecular flexibility index (Phi) is 7.02. The number of nitrogens with zero attached hydrogens (tertiary/aromatic N) is 3. The van der Waals surface area contributed by atoms with Crippen LogP contribution in [-0.2, 0) is 12.8 Å². The highest BCUT2D eigenvalue weighted by Crippen LogP contribution is 2.31. The highest BCUT2D eigenvalue weighted by molar-refractivity contribution is 7.80. The van der Waals surface area contributed by atoms with Crippen molar-refractivity contribution in [3.63, 3.8) is 0 Å². The van der Waals surface area contributed by atoms with Crippen LogP contribution in [0.3, 0.4) is 0 Å². The van der Waals surface area contributed by atoms with E-state index in [2.05, 4.69) is 69.0 Å². The van der Waals surface area contributed by atoms with Crippen LogP contribution in [0.2, 0.25) is 0 Å². The van der Waals surface area contributed by atoms with Crippen LogP contribution < -0.4 is 15.5 Å². The molecule has 2 aromatic carbocycles. The van der Waals surface area contributed by atoms with Gasteiger partial charge >= 0.3 is 0 Å². The van der Waals surface area contributed by atoms with Crippen molar-refractivity contribution in [1.82, 2.24) is 15.2 Å². The van der Waals surface area contributed by atoms with Gasteiger partial charge in [-0.25, -0.2) is 4.98 Å². The molecular formula is C27H31N5OS2. The lowest BCUT2D eigenvalue weighted by Crippen LogP contribution is -2.40. The maximum absolute atomic E-state index is 12.8. The predicted octanol–water partition coefficient (Wildman–Crippen LogP) is 4.68. The van der Waals surface area contributed by atoms with E-state index in [-0.39, 0.29) is 11.9 Å². The van der Waals surface area contributed by atoms with E-state index in [1.165, 1.54) is 11.1 Å². The fourth-order valence-electron chi connectivity index (χ4n) is 4.87. The van der Waals surface area contributed by atoms with Crippen LogP contribution in [0.5, 0.6) is 0 Å². The Morgan fingerprint density at radius 1 is 1.06 bits per heavy atom. The summed E-state index contributed by atoms with van der Waals surface area (Å²) in [4.78, 5) is 21.8. The van der Waals surface area contributed by atoms with E-state index >= 15 is 0 Å². The highest BCUT2D eigenvalue weighted by Gasteiger charge is 2.27. The second-order valence-electron chi connectivity index (χ2n) is 9.55. The first kappa shape index (κ1) is 23.8. The fraction of sp³-hybridized carbons (Fsp3) is 0.370. The first-order valence-corrected chi connectivity index (χ1v) is 13.4. The van der Waals surface area contributed by atoms with Crippen molar-refractivity contribution in [2.24, 2.45) is 0 Å². The summed E-state index contributed by atoms with van der Waals surface area (Å²) < 4.78 is 0. The Labute approximate surface area is 216 Å². The fourth-order valence-corrected chi connectivity index (χ4v) is 6.15. The largest absolute Gasteiger partial charge is 0.378 e. The van der Waals surface area contributed by atoms with Crippen molar-refractivity contribution < 1.29 is 4.79 Å². The molecule has 35 heavy (non-hydrogen) atoms. The number of piperidine rings is 1. The summed E-state index contributed by atoms with van der Waals surface area (Å²) in [7, 11) is 4.06. The molecule has 8 heteroatoms. The van der Waals surface area contributed by atoms with E-state index in [1.54, 1.807) is 11.3 Å². The van der Waals surface area contributed by atoms with Gasteiger partial charge < -0.3 is 20.4 Å². The third-order valence-corrected chi connectivity index (χ3v) is 8.27. The SMILES string of the molecule is CN(C)c1ccc(NC(=S)N2CCC(c3nc(C(=O)NC4Cc5ccccc5C4)cs3)CC2)cc1. The smallest absolute Gasteiger partial charge is 0.270 e. The monoisotopic (exact) mass is 505 g/mol. The van der Waals surface area contributed by atoms with Gasteiger partial charge in [0.25, 0.3) is 5.91 Å². The Morgan fingerprint density at radius 2 is 1.71 bits per heavy atom. The molecule has 0 atom stereocenters. The lowest BCUT2D eigenvalue weighted by Gasteiger charge is -2.33. The number of nitrogens with one attached hydrogen (secondary N) is 2. The summed E-state index contributed by atoms with van der Waals surface area (Å²) >= 11 is 7.27. The molecule has 3 aromatic rings. The van der Waals surface area contributed by atoms with E-state index < -0.39 is 0 Å². The van der Waals surface area contributed by atoms with E-state index in [4.69, 9.17) is 17.2 Å². The molecule has 2 aliphatic rings. The maximum Gasteiger partial charge on any atom is 0.270 e. The minimum absolute atomic E-state index is 0.0617. The number of anilines is 2. The molecule has 0 bridgehead atoms. The zero-order chi connectivity index (χ0) is 24.4. The summed E-state index contributed by atoms with van der Waals surface area (Å²) in [6, 6.07) is 16.9. The number of rotatable bonds is 5. The van der Waals surface area contributed by atoms with E-state index in [9.17, 15) is 4.79 Å². The van der Waals surface area contributed by atoms with Crippen LogP contribution in [-0.4, -0.2) is 54.1 Å². The number of thiazole rings is 1. The van der Waals surface area contributed by atoms with E-state index in [1.807, 2.05) is 19.5 Å². The predicted molar refractivity (Wildman–Crippen MR) is 148 cm³/mol. The molecule has 2 heterocycles. The second-order valence-corrected chi connectivity index (χ2v) is 10.8.